The average molecular weight is 405 g/mol. The van der Waals surface area contributed by atoms with Crippen molar-refractivity contribution < 1.29 is 13.2 Å². The third-order valence-corrected chi connectivity index (χ3v) is 6.18. The van der Waals surface area contributed by atoms with Gasteiger partial charge in [-0.25, -0.2) is 13.1 Å². The summed E-state index contributed by atoms with van der Waals surface area (Å²) in [6.45, 7) is 3.74. The van der Waals surface area contributed by atoms with Gasteiger partial charge in [-0.1, -0.05) is 0 Å². The van der Waals surface area contributed by atoms with Crippen molar-refractivity contribution in [2.75, 3.05) is 11.9 Å². The molecule has 27 heavy (non-hydrogen) atoms. The standard InChI is InChI=1S/C18H20N4O3S2/c1-13-11-16(20-14(2)23)3-4-18(13)27(24,25)19-7-9-22-8-5-17(21-22)15-6-10-26-12-15/h3-6,8,10-12,19H,7,9H2,1-2H3,(H,20,23). The van der Waals surface area contributed by atoms with E-state index in [1.807, 2.05) is 29.1 Å². The number of nitrogens with zero attached hydrogens (tertiary/aromatic N) is 2. The zero-order valence-corrected chi connectivity index (χ0v) is 16.6. The van der Waals surface area contributed by atoms with Crippen LogP contribution >= 0.6 is 11.3 Å². The van der Waals surface area contributed by atoms with Crippen molar-refractivity contribution in [2.45, 2.75) is 25.3 Å². The van der Waals surface area contributed by atoms with Crippen LogP contribution in [-0.4, -0.2) is 30.7 Å². The third-order valence-electron chi connectivity index (χ3n) is 3.88. The van der Waals surface area contributed by atoms with Crippen LogP contribution in [-0.2, 0) is 21.4 Å². The Kier molecular flexibility index (Phi) is 5.73. The van der Waals surface area contributed by atoms with Crippen LogP contribution < -0.4 is 10.0 Å². The largest absolute Gasteiger partial charge is 0.326 e. The van der Waals surface area contributed by atoms with Crippen molar-refractivity contribution in [3.05, 3.63) is 52.9 Å². The molecule has 3 aromatic rings. The van der Waals surface area contributed by atoms with Gasteiger partial charge in [-0.3, -0.25) is 9.48 Å². The monoisotopic (exact) mass is 404 g/mol. The van der Waals surface area contributed by atoms with Crippen LogP contribution in [0.5, 0.6) is 0 Å². The van der Waals surface area contributed by atoms with E-state index in [0.717, 1.165) is 11.3 Å². The SMILES string of the molecule is CC(=O)Nc1ccc(S(=O)(=O)NCCn2ccc(-c3ccsc3)n2)c(C)c1. The van der Waals surface area contributed by atoms with E-state index in [0.29, 0.717) is 17.8 Å². The minimum atomic E-state index is -3.64. The number of aromatic nitrogens is 2. The van der Waals surface area contributed by atoms with Gasteiger partial charge >= 0.3 is 0 Å². The fraction of sp³-hybridized carbons (Fsp3) is 0.222. The predicted molar refractivity (Wildman–Crippen MR) is 106 cm³/mol. The molecule has 2 heterocycles. The number of aryl methyl sites for hydroxylation is 1. The number of amides is 1. The minimum absolute atomic E-state index is 0.191. The molecule has 0 radical (unpaired) electrons. The maximum atomic E-state index is 12.5. The van der Waals surface area contributed by atoms with Crippen LogP contribution in [0.3, 0.4) is 0 Å². The van der Waals surface area contributed by atoms with Crippen molar-refractivity contribution in [3.8, 4) is 11.3 Å². The van der Waals surface area contributed by atoms with E-state index in [4.69, 9.17) is 0 Å². The van der Waals surface area contributed by atoms with Crippen LogP contribution in [0.2, 0.25) is 0 Å². The lowest BCUT2D eigenvalue weighted by atomic mass is 10.2. The number of sulfonamides is 1. The number of hydrogen-bond acceptors (Lipinski definition) is 5. The second kappa shape index (κ2) is 8.03. The Morgan fingerprint density at radius 2 is 2.07 bits per heavy atom. The van der Waals surface area contributed by atoms with Gasteiger partial charge in [0.05, 0.1) is 17.1 Å². The highest BCUT2D eigenvalue weighted by molar-refractivity contribution is 7.89. The topological polar surface area (TPSA) is 93.1 Å². The van der Waals surface area contributed by atoms with Gasteiger partial charge in [0.1, 0.15) is 0 Å². The summed E-state index contributed by atoms with van der Waals surface area (Å²) in [5.41, 5.74) is 3.04. The average Bonchev–Trinajstić information content (AvgIpc) is 3.25. The Hall–Kier alpha value is -2.49. The lowest BCUT2D eigenvalue weighted by molar-refractivity contribution is -0.114. The number of rotatable bonds is 7. The number of anilines is 1. The Balaban J connectivity index is 1.62. The van der Waals surface area contributed by atoms with Gasteiger partial charge in [0.15, 0.2) is 0 Å². The van der Waals surface area contributed by atoms with Gasteiger partial charge < -0.3 is 5.32 Å². The first kappa shape index (κ1) is 19.3. The van der Waals surface area contributed by atoms with Crippen molar-refractivity contribution in [1.29, 1.82) is 0 Å². The Morgan fingerprint density at radius 1 is 1.26 bits per heavy atom. The fourth-order valence-electron chi connectivity index (χ4n) is 2.65. The van der Waals surface area contributed by atoms with Crippen molar-refractivity contribution in [1.82, 2.24) is 14.5 Å². The molecule has 1 amide bonds. The van der Waals surface area contributed by atoms with Gasteiger partial charge in [0.25, 0.3) is 0 Å². The van der Waals surface area contributed by atoms with Crippen molar-refractivity contribution in [2.24, 2.45) is 0 Å². The number of carbonyl (C=O) groups is 1. The molecule has 0 atom stereocenters. The molecule has 0 saturated heterocycles. The summed E-state index contributed by atoms with van der Waals surface area (Å²) in [7, 11) is -3.64. The van der Waals surface area contributed by atoms with Gasteiger partial charge in [0.2, 0.25) is 15.9 Å². The quantitative estimate of drug-likeness (QED) is 0.633. The van der Waals surface area contributed by atoms with E-state index in [1.54, 1.807) is 35.1 Å². The first-order valence-corrected chi connectivity index (χ1v) is 10.7. The number of thiophene rings is 1. The first-order chi connectivity index (χ1) is 12.8. The van der Waals surface area contributed by atoms with Crippen LogP contribution in [0.1, 0.15) is 12.5 Å². The smallest absolute Gasteiger partial charge is 0.240 e. The molecule has 142 valence electrons. The molecule has 0 unspecified atom stereocenters. The van der Waals surface area contributed by atoms with Crippen LogP contribution in [0.4, 0.5) is 5.69 Å². The summed E-state index contributed by atoms with van der Waals surface area (Å²) in [6, 6.07) is 8.60. The molecule has 1 aromatic carbocycles. The Bertz CT molecular complexity index is 1040. The molecule has 0 aliphatic rings. The summed E-state index contributed by atoms with van der Waals surface area (Å²) in [5.74, 6) is -0.204. The van der Waals surface area contributed by atoms with Crippen molar-refractivity contribution in [3.63, 3.8) is 0 Å². The molecule has 9 heteroatoms. The van der Waals surface area contributed by atoms with Gasteiger partial charge in [0, 0.05) is 36.3 Å². The van der Waals surface area contributed by atoms with Gasteiger partial charge in [-0.2, -0.15) is 16.4 Å². The van der Waals surface area contributed by atoms with Crippen molar-refractivity contribution >= 4 is 33.0 Å². The molecule has 0 aliphatic carbocycles. The third kappa shape index (κ3) is 4.82. The molecule has 0 spiro atoms. The highest BCUT2D eigenvalue weighted by atomic mass is 32.2. The molecular formula is C18H20N4O3S2. The highest BCUT2D eigenvalue weighted by Gasteiger charge is 2.17. The molecule has 2 N–H and O–H groups in total. The summed E-state index contributed by atoms with van der Waals surface area (Å²) in [6.07, 6.45) is 1.83. The minimum Gasteiger partial charge on any atom is -0.326 e. The van der Waals surface area contributed by atoms with Crippen LogP contribution in [0, 0.1) is 6.92 Å². The molecule has 0 fully saturated rings. The predicted octanol–water partition coefficient (Wildman–Crippen LogP) is 2.86. The number of hydrogen-bond donors (Lipinski definition) is 2. The van der Waals surface area contributed by atoms with E-state index in [-0.39, 0.29) is 17.3 Å². The summed E-state index contributed by atoms with van der Waals surface area (Å²) in [4.78, 5) is 11.3. The van der Waals surface area contributed by atoms with E-state index in [9.17, 15) is 13.2 Å². The van der Waals surface area contributed by atoms with Gasteiger partial charge in [-0.15, -0.1) is 0 Å². The highest BCUT2D eigenvalue weighted by Crippen LogP contribution is 2.20. The van der Waals surface area contributed by atoms with E-state index in [1.165, 1.54) is 13.0 Å². The van der Waals surface area contributed by atoms with Crippen LogP contribution in [0.15, 0.2) is 52.2 Å². The molecule has 0 bridgehead atoms. The Labute approximate surface area is 162 Å². The maximum absolute atomic E-state index is 12.5. The zero-order chi connectivity index (χ0) is 19.4. The molecule has 0 aliphatic heterocycles. The number of benzene rings is 1. The second-order valence-electron chi connectivity index (χ2n) is 6.04. The molecule has 3 rings (SSSR count). The summed E-state index contributed by atoms with van der Waals surface area (Å²) >= 11 is 1.60. The number of carbonyl (C=O) groups excluding carboxylic acids is 1. The van der Waals surface area contributed by atoms with E-state index < -0.39 is 10.0 Å². The number of nitrogens with one attached hydrogen (secondary N) is 2. The summed E-state index contributed by atoms with van der Waals surface area (Å²) < 4.78 is 29.4. The first-order valence-electron chi connectivity index (χ1n) is 8.29. The zero-order valence-electron chi connectivity index (χ0n) is 15.0. The van der Waals surface area contributed by atoms with E-state index in [2.05, 4.69) is 15.1 Å². The summed E-state index contributed by atoms with van der Waals surface area (Å²) in [5, 5.41) is 11.1. The lowest BCUT2D eigenvalue weighted by Gasteiger charge is -2.11. The molecular weight excluding hydrogens is 384 g/mol. The van der Waals surface area contributed by atoms with Crippen LogP contribution in [0.25, 0.3) is 11.3 Å². The Morgan fingerprint density at radius 3 is 2.74 bits per heavy atom. The van der Waals surface area contributed by atoms with E-state index >= 15 is 0 Å². The fourth-order valence-corrected chi connectivity index (χ4v) is 4.55. The molecule has 7 nitrogen and oxygen atoms in total. The second-order valence-corrected chi connectivity index (χ2v) is 8.55. The normalized spacial score (nSPS) is 11.5. The maximum Gasteiger partial charge on any atom is 0.240 e. The van der Waals surface area contributed by atoms with Gasteiger partial charge in [-0.05, 0) is 48.2 Å². The lowest BCUT2D eigenvalue weighted by Crippen LogP contribution is -2.28. The molecule has 0 saturated carbocycles. The molecule has 2 aromatic heterocycles.